The maximum absolute atomic E-state index is 10.7. The number of hydrogen-bond acceptors (Lipinski definition) is 1. The van der Waals surface area contributed by atoms with Crippen molar-refractivity contribution in [3.8, 4) is 0 Å². The fourth-order valence-corrected chi connectivity index (χ4v) is 0.959. The fourth-order valence-electron chi connectivity index (χ4n) is 0.959. The molecule has 0 saturated heterocycles. The molecule has 0 radical (unpaired) electrons. The van der Waals surface area contributed by atoms with Crippen molar-refractivity contribution in [1.82, 2.24) is 0 Å². The summed E-state index contributed by atoms with van der Waals surface area (Å²) in [7, 11) is 0. The van der Waals surface area contributed by atoms with Crippen LogP contribution in [-0.2, 0) is 4.79 Å². The van der Waals surface area contributed by atoms with E-state index in [4.69, 9.17) is 0 Å². The molecule has 0 aliphatic heterocycles. The summed E-state index contributed by atoms with van der Waals surface area (Å²) in [4.78, 5) is 10.7. The van der Waals surface area contributed by atoms with Gasteiger partial charge in [-0.3, -0.25) is 4.79 Å². The van der Waals surface area contributed by atoms with Crippen molar-refractivity contribution in [2.45, 2.75) is 41.5 Å². The monoisotopic (exact) mass is 180 g/mol. The fraction of sp³-hybridized carbons (Fsp3) is 0.583. The molecule has 0 bridgehead atoms. The number of hydrogen-bond donors (Lipinski definition) is 0. The lowest BCUT2D eigenvalue weighted by molar-refractivity contribution is -0.112. The van der Waals surface area contributed by atoms with E-state index in [-0.39, 0.29) is 11.2 Å². The topological polar surface area (TPSA) is 17.1 Å². The Morgan fingerprint density at radius 2 is 1.46 bits per heavy atom. The first-order chi connectivity index (χ1) is 5.75. The zero-order chi connectivity index (χ0) is 10.6. The molecule has 0 amide bonds. The molecular formula is C12H20O. The van der Waals surface area contributed by atoms with E-state index in [0.29, 0.717) is 0 Å². The summed E-state index contributed by atoms with van der Waals surface area (Å²) >= 11 is 0. The van der Waals surface area contributed by atoms with Crippen LogP contribution in [0.2, 0.25) is 0 Å². The average molecular weight is 180 g/mol. The Kier molecular flexibility index (Phi) is 4.12. The van der Waals surface area contributed by atoms with E-state index in [2.05, 4.69) is 27.7 Å². The molecule has 0 N–H and O–H groups in total. The van der Waals surface area contributed by atoms with Crippen LogP contribution in [0.25, 0.3) is 0 Å². The van der Waals surface area contributed by atoms with E-state index in [9.17, 15) is 4.79 Å². The summed E-state index contributed by atoms with van der Waals surface area (Å²) in [5, 5.41) is 0. The van der Waals surface area contributed by atoms with Crippen LogP contribution in [0.1, 0.15) is 41.5 Å². The molecule has 1 heteroatoms. The van der Waals surface area contributed by atoms with Crippen molar-refractivity contribution >= 4 is 5.78 Å². The average Bonchev–Trinajstić information content (AvgIpc) is 1.96. The Bertz CT molecular complexity index is 249. The molecule has 0 aromatic heterocycles. The van der Waals surface area contributed by atoms with Crippen LogP contribution in [0, 0.1) is 5.41 Å². The first-order valence-electron chi connectivity index (χ1n) is 4.61. The van der Waals surface area contributed by atoms with Gasteiger partial charge < -0.3 is 0 Å². The number of ketones is 1. The lowest BCUT2D eigenvalue weighted by Gasteiger charge is -2.21. The van der Waals surface area contributed by atoms with Gasteiger partial charge in [-0.1, -0.05) is 38.0 Å². The minimum Gasteiger partial charge on any atom is -0.295 e. The van der Waals surface area contributed by atoms with Crippen LogP contribution in [0.5, 0.6) is 0 Å². The molecule has 0 aliphatic carbocycles. The van der Waals surface area contributed by atoms with E-state index in [1.165, 1.54) is 11.1 Å². The van der Waals surface area contributed by atoms with E-state index < -0.39 is 0 Å². The summed E-state index contributed by atoms with van der Waals surface area (Å²) in [5.41, 5.74) is 2.69. The SMILES string of the molecule is CC(=O)/C=C/C(C)=C(\C)C(C)(C)C. The third-order valence-corrected chi connectivity index (χ3v) is 2.28. The van der Waals surface area contributed by atoms with Crippen molar-refractivity contribution in [1.29, 1.82) is 0 Å². The predicted octanol–water partition coefficient (Wildman–Crippen LogP) is 3.51. The maximum Gasteiger partial charge on any atom is 0.152 e. The third-order valence-electron chi connectivity index (χ3n) is 2.28. The van der Waals surface area contributed by atoms with Gasteiger partial charge >= 0.3 is 0 Å². The van der Waals surface area contributed by atoms with Gasteiger partial charge in [0, 0.05) is 0 Å². The number of rotatable bonds is 2. The van der Waals surface area contributed by atoms with Crippen LogP contribution in [0.15, 0.2) is 23.3 Å². The summed E-state index contributed by atoms with van der Waals surface area (Å²) in [6.07, 6.45) is 3.51. The standard InChI is InChI=1S/C12H20O/c1-9(7-8-10(2)13)11(3)12(4,5)6/h7-8H,1-6H3/b8-7+,11-9+. The molecule has 0 saturated carbocycles. The summed E-state index contributed by atoms with van der Waals surface area (Å²) in [5.74, 6) is 0.0982. The van der Waals surface area contributed by atoms with Crippen molar-refractivity contribution in [3.05, 3.63) is 23.3 Å². The largest absolute Gasteiger partial charge is 0.295 e. The van der Waals surface area contributed by atoms with Gasteiger partial charge in [-0.2, -0.15) is 0 Å². The van der Waals surface area contributed by atoms with Gasteiger partial charge in [0.25, 0.3) is 0 Å². The Labute approximate surface area is 81.5 Å². The summed E-state index contributed by atoms with van der Waals surface area (Å²) < 4.78 is 0. The molecule has 1 nitrogen and oxygen atoms in total. The van der Waals surface area contributed by atoms with Crippen LogP contribution in [0.4, 0.5) is 0 Å². The molecule has 0 atom stereocenters. The first-order valence-corrected chi connectivity index (χ1v) is 4.61. The lowest BCUT2D eigenvalue weighted by Crippen LogP contribution is -2.08. The smallest absolute Gasteiger partial charge is 0.152 e. The Hall–Kier alpha value is -0.850. The van der Waals surface area contributed by atoms with Gasteiger partial charge in [0.1, 0.15) is 0 Å². The third kappa shape index (κ3) is 4.66. The second-order valence-electron chi connectivity index (χ2n) is 4.50. The van der Waals surface area contributed by atoms with Crippen LogP contribution < -0.4 is 0 Å². The molecule has 74 valence electrons. The number of carbonyl (C=O) groups is 1. The Morgan fingerprint density at radius 1 is 1.00 bits per heavy atom. The highest BCUT2D eigenvalue weighted by Gasteiger charge is 2.13. The van der Waals surface area contributed by atoms with Gasteiger partial charge in [-0.25, -0.2) is 0 Å². The maximum atomic E-state index is 10.7. The minimum absolute atomic E-state index is 0.0982. The van der Waals surface area contributed by atoms with Gasteiger partial charge in [-0.15, -0.1) is 0 Å². The second-order valence-corrected chi connectivity index (χ2v) is 4.50. The van der Waals surface area contributed by atoms with Crippen molar-refractivity contribution in [3.63, 3.8) is 0 Å². The number of allylic oxidation sites excluding steroid dienone is 4. The van der Waals surface area contributed by atoms with E-state index >= 15 is 0 Å². The highest BCUT2D eigenvalue weighted by molar-refractivity contribution is 5.87. The van der Waals surface area contributed by atoms with Gasteiger partial charge in [0.2, 0.25) is 0 Å². The molecule has 0 aromatic carbocycles. The lowest BCUT2D eigenvalue weighted by atomic mass is 9.84. The summed E-state index contributed by atoms with van der Waals surface area (Å²) in [6.45, 7) is 12.2. The first kappa shape index (κ1) is 12.2. The highest BCUT2D eigenvalue weighted by Crippen LogP contribution is 2.27. The quantitative estimate of drug-likeness (QED) is 0.469. The van der Waals surface area contributed by atoms with E-state index in [1.807, 2.05) is 13.0 Å². The van der Waals surface area contributed by atoms with Crippen molar-refractivity contribution < 1.29 is 4.79 Å². The van der Waals surface area contributed by atoms with Crippen LogP contribution >= 0.6 is 0 Å². The zero-order valence-electron chi connectivity index (χ0n) is 9.56. The molecule has 0 spiro atoms. The highest BCUT2D eigenvalue weighted by atomic mass is 16.1. The van der Waals surface area contributed by atoms with Crippen molar-refractivity contribution in [2.24, 2.45) is 5.41 Å². The Morgan fingerprint density at radius 3 is 1.77 bits per heavy atom. The van der Waals surface area contributed by atoms with Crippen molar-refractivity contribution in [2.75, 3.05) is 0 Å². The summed E-state index contributed by atoms with van der Waals surface area (Å²) in [6, 6.07) is 0. The zero-order valence-corrected chi connectivity index (χ0v) is 9.56. The second kappa shape index (κ2) is 4.40. The molecule has 0 fully saturated rings. The molecule has 0 rings (SSSR count). The molecule has 0 aliphatic rings. The van der Waals surface area contributed by atoms with Gasteiger partial charge in [0.15, 0.2) is 5.78 Å². The van der Waals surface area contributed by atoms with E-state index in [0.717, 1.165) is 0 Å². The van der Waals surface area contributed by atoms with Gasteiger partial charge in [0.05, 0.1) is 0 Å². The normalized spacial score (nSPS) is 14.6. The van der Waals surface area contributed by atoms with Crippen LogP contribution in [0.3, 0.4) is 0 Å². The molecule has 0 heterocycles. The molecule has 13 heavy (non-hydrogen) atoms. The predicted molar refractivity (Wildman–Crippen MR) is 57.7 cm³/mol. The van der Waals surface area contributed by atoms with E-state index in [1.54, 1.807) is 13.0 Å². The van der Waals surface area contributed by atoms with Gasteiger partial charge in [-0.05, 0) is 32.3 Å². The number of carbonyl (C=O) groups excluding carboxylic acids is 1. The minimum atomic E-state index is 0.0982. The Balaban J connectivity index is 4.74. The van der Waals surface area contributed by atoms with Crippen LogP contribution in [-0.4, -0.2) is 5.78 Å². The molecular weight excluding hydrogens is 160 g/mol. The molecule has 0 aromatic rings. The molecule has 0 unspecified atom stereocenters.